The van der Waals surface area contributed by atoms with E-state index in [0.717, 1.165) is 30.7 Å². The van der Waals surface area contributed by atoms with E-state index in [0.29, 0.717) is 5.56 Å². The Morgan fingerprint density at radius 1 is 1.50 bits per heavy atom. The first-order valence-electron chi connectivity index (χ1n) is 6.73. The van der Waals surface area contributed by atoms with Crippen molar-refractivity contribution in [1.82, 2.24) is 15.1 Å². The monoisotopic (exact) mass is 271 g/mol. The minimum absolute atomic E-state index is 0.0315. The third-order valence-corrected chi connectivity index (χ3v) is 3.74. The molecule has 0 bridgehead atoms. The first kappa shape index (κ1) is 12.7. The second-order valence-corrected chi connectivity index (χ2v) is 4.92. The number of aromatic nitrogens is 2. The molecule has 1 aliphatic rings. The van der Waals surface area contributed by atoms with E-state index >= 15 is 0 Å². The van der Waals surface area contributed by atoms with Gasteiger partial charge in [-0.15, -0.1) is 0 Å². The third-order valence-electron chi connectivity index (χ3n) is 3.74. The number of hydrogen-bond donors (Lipinski definition) is 1. The van der Waals surface area contributed by atoms with Crippen molar-refractivity contribution in [1.29, 1.82) is 0 Å². The number of methoxy groups -OCH3 is 1. The summed E-state index contributed by atoms with van der Waals surface area (Å²) in [5.41, 5.74) is 1.73. The molecule has 0 spiro atoms. The largest absolute Gasteiger partial charge is 0.497 e. The van der Waals surface area contributed by atoms with Crippen molar-refractivity contribution in [2.24, 2.45) is 0 Å². The Morgan fingerprint density at radius 2 is 2.40 bits per heavy atom. The highest BCUT2D eigenvalue weighted by molar-refractivity contribution is 5.94. The van der Waals surface area contributed by atoms with Crippen LogP contribution in [0.3, 0.4) is 0 Å². The number of nitrogens with zero attached hydrogens (tertiary/aromatic N) is 2. The molecular weight excluding hydrogens is 254 g/mol. The topological polar surface area (TPSA) is 58.2 Å². The predicted molar refractivity (Wildman–Crippen MR) is 74.6 cm³/mol. The van der Waals surface area contributed by atoms with E-state index in [1.165, 1.54) is 0 Å². The molecule has 1 unspecified atom stereocenters. The molecular formula is C15H17N3O2. The molecule has 1 saturated heterocycles. The molecule has 2 aromatic rings. The van der Waals surface area contributed by atoms with Gasteiger partial charge in [0.2, 0.25) is 0 Å². The molecule has 0 saturated carbocycles. The molecule has 3 rings (SSSR count). The molecule has 5 nitrogen and oxygen atoms in total. The number of carbonyl (C=O) groups is 1. The van der Waals surface area contributed by atoms with Crippen LogP contribution in [0.5, 0.6) is 5.75 Å². The molecule has 0 radical (unpaired) electrons. The zero-order chi connectivity index (χ0) is 13.9. The van der Waals surface area contributed by atoms with Crippen molar-refractivity contribution in [3.63, 3.8) is 0 Å². The highest BCUT2D eigenvalue weighted by atomic mass is 16.5. The Labute approximate surface area is 117 Å². The Balaban J connectivity index is 1.86. The Bertz CT molecular complexity index is 595. The fourth-order valence-corrected chi connectivity index (χ4v) is 2.74. The summed E-state index contributed by atoms with van der Waals surface area (Å²) in [6, 6.07) is 8.06. The zero-order valence-corrected chi connectivity index (χ0v) is 11.4. The van der Waals surface area contributed by atoms with E-state index < -0.39 is 0 Å². The van der Waals surface area contributed by atoms with E-state index in [1.54, 1.807) is 19.5 Å². The summed E-state index contributed by atoms with van der Waals surface area (Å²) in [5.74, 6) is 0.856. The molecule has 2 heterocycles. The summed E-state index contributed by atoms with van der Waals surface area (Å²) >= 11 is 0. The summed E-state index contributed by atoms with van der Waals surface area (Å²) in [5, 5.41) is 6.54. The van der Waals surface area contributed by atoms with Gasteiger partial charge in [0.1, 0.15) is 5.75 Å². The van der Waals surface area contributed by atoms with Crippen LogP contribution >= 0.6 is 0 Å². The first-order valence-corrected chi connectivity index (χ1v) is 6.73. The summed E-state index contributed by atoms with van der Waals surface area (Å²) in [6.07, 6.45) is 5.22. The number of aromatic amines is 1. The van der Waals surface area contributed by atoms with Crippen LogP contribution in [0, 0.1) is 0 Å². The molecule has 1 atom stereocenters. The number of carbonyl (C=O) groups excluding carboxylic acids is 1. The lowest BCUT2D eigenvalue weighted by Crippen LogP contribution is -2.30. The quantitative estimate of drug-likeness (QED) is 0.932. The van der Waals surface area contributed by atoms with Crippen LogP contribution < -0.4 is 4.74 Å². The highest BCUT2D eigenvalue weighted by Gasteiger charge is 2.31. The summed E-state index contributed by atoms with van der Waals surface area (Å²) in [6.45, 7) is 0.784. The average Bonchev–Trinajstić information content (AvgIpc) is 3.17. The lowest BCUT2D eigenvalue weighted by atomic mass is 10.0. The lowest BCUT2D eigenvalue weighted by molar-refractivity contribution is 0.0735. The number of hydrogen-bond acceptors (Lipinski definition) is 3. The van der Waals surface area contributed by atoms with Gasteiger partial charge in [-0.25, -0.2) is 0 Å². The normalized spacial score (nSPS) is 18.2. The van der Waals surface area contributed by atoms with Gasteiger partial charge < -0.3 is 9.64 Å². The molecule has 1 aromatic carbocycles. The minimum atomic E-state index is 0.0315. The van der Waals surface area contributed by atoms with Gasteiger partial charge in [0.25, 0.3) is 5.91 Å². The molecule has 1 fully saturated rings. The molecule has 104 valence electrons. The number of amides is 1. The smallest absolute Gasteiger partial charge is 0.257 e. The number of benzene rings is 1. The van der Waals surface area contributed by atoms with Crippen molar-refractivity contribution in [2.75, 3.05) is 13.7 Å². The first-order chi connectivity index (χ1) is 9.79. The molecule has 0 aliphatic carbocycles. The average molecular weight is 271 g/mol. The second kappa shape index (κ2) is 5.36. The van der Waals surface area contributed by atoms with Crippen molar-refractivity contribution < 1.29 is 9.53 Å². The van der Waals surface area contributed by atoms with Crippen molar-refractivity contribution in [2.45, 2.75) is 18.9 Å². The Hall–Kier alpha value is -2.30. The van der Waals surface area contributed by atoms with Crippen LogP contribution in [0.25, 0.3) is 0 Å². The number of ether oxygens (including phenoxy) is 1. The van der Waals surface area contributed by atoms with Gasteiger partial charge in [-0.2, -0.15) is 5.10 Å². The SMILES string of the molecule is COc1cccc(C2CCCN2C(=O)c2cn[nH]c2)c1. The number of likely N-dealkylation sites (tertiary alicyclic amines) is 1. The lowest BCUT2D eigenvalue weighted by Gasteiger charge is -2.24. The van der Waals surface area contributed by atoms with Crippen molar-refractivity contribution in [3.05, 3.63) is 47.8 Å². The Kier molecular flexibility index (Phi) is 3.41. The maximum absolute atomic E-state index is 12.5. The predicted octanol–water partition coefficient (Wildman–Crippen LogP) is 2.40. The highest BCUT2D eigenvalue weighted by Crippen LogP contribution is 2.34. The molecule has 1 aromatic heterocycles. The van der Waals surface area contributed by atoms with E-state index in [9.17, 15) is 4.79 Å². The van der Waals surface area contributed by atoms with E-state index in [1.807, 2.05) is 29.2 Å². The summed E-state index contributed by atoms with van der Waals surface area (Å²) in [4.78, 5) is 14.4. The fraction of sp³-hybridized carbons (Fsp3) is 0.333. The maximum Gasteiger partial charge on any atom is 0.257 e. The zero-order valence-electron chi connectivity index (χ0n) is 11.4. The van der Waals surface area contributed by atoms with E-state index in [-0.39, 0.29) is 11.9 Å². The standard InChI is InChI=1S/C15H17N3O2/c1-20-13-5-2-4-11(8-13)14-6-3-7-18(14)15(19)12-9-16-17-10-12/h2,4-5,8-10,14H,3,6-7H2,1H3,(H,16,17). The van der Waals surface area contributed by atoms with Gasteiger partial charge >= 0.3 is 0 Å². The van der Waals surface area contributed by atoms with Crippen LogP contribution in [0.1, 0.15) is 34.8 Å². The van der Waals surface area contributed by atoms with Crippen molar-refractivity contribution >= 4 is 5.91 Å². The molecule has 1 aliphatic heterocycles. The molecule has 1 N–H and O–H groups in total. The van der Waals surface area contributed by atoms with Gasteiger partial charge in [-0.05, 0) is 30.5 Å². The molecule has 5 heteroatoms. The second-order valence-electron chi connectivity index (χ2n) is 4.92. The maximum atomic E-state index is 12.5. The van der Waals surface area contributed by atoms with Crippen LogP contribution in [0.15, 0.2) is 36.7 Å². The summed E-state index contributed by atoms with van der Waals surface area (Å²) in [7, 11) is 1.65. The number of H-pyrrole nitrogens is 1. The van der Waals surface area contributed by atoms with Crippen LogP contribution in [0.2, 0.25) is 0 Å². The van der Waals surface area contributed by atoms with Gasteiger partial charge in [0.15, 0.2) is 0 Å². The van der Waals surface area contributed by atoms with E-state index in [2.05, 4.69) is 10.2 Å². The number of nitrogens with one attached hydrogen (secondary N) is 1. The minimum Gasteiger partial charge on any atom is -0.497 e. The summed E-state index contributed by atoms with van der Waals surface area (Å²) < 4.78 is 5.26. The van der Waals surface area contributed by atoms with Gasteiger partial charge in [-0.1, -0.05) is 12.1 Å². The third kappa shape index (κ3) is 2.27. The van der Waals surface area contributed by atoms with Crippen LogP contribution in [-0.4, -0.2) is 34.7 Å². The van der Waals surface area contributed by atoms with Crippen LogP contribution in [-0.2, 0) is 0 Å². The van der Waals surface area contributed by atoms with E-state index in [4.69, 9.17) is 4.74 Å². The molecule has 1 amide bonds. The molecule has 20 heavy (non-hydrogen) atoms. The van der Waals surface area contributed by atoms with Crippen molar-refractivity contribution in [3.8, 4) is 5.75 Å². The van der Waals surface area contributed by atoms with Crippen LogP contribution in [0.4, 0.5) is 0 Å². The Morgan fingerprint density at radius 3 is 3.15 bits per heavy atom. The van der Waals surface area contributed by atoms with Gasteiger partial charge in [0.05, 0.1) is 24.9 Å². The fourth-order valence-electron chi connectivity index (χ4n) is 2.74. The number of rotatable bonds is 3. The van der Waals surface area contributed by atoms with Gasteiger partial charge in [0, 0.05) is 12.7 Å². The van der Waals surface area contributed by atoms with Gasteiger partial charge in [-0.3, -0.25) is 9.89 Å².